The lowest BCUT2D eigenvalue weighted by Crippen LogP contribution is -2.30. The van der Waals surface area contributed by atoms with E-state index in [1.165, 1.54) is 32.1 Å². The van der Waals surface area contributed by atoms with E-state index in [-0.39, 0.29) is 25.2 Å². The molecule has 64 heavy (non-hydrogen) atoms. The zero-order valence-electron chi connectivity index (χ0n) is 41.2. The normalized spacial score (nSPS) is 13.4. The average molecular weight is 883 g/mol. The van der Waals surface area contributed by atoms with Crippen LogP contribution < -0.4 is 0 Å². The van der Waals surface area contributed by atoms with E-state index in [9.17, 15) is 9.59 Å². The topological polar surface area (TPSA) is 61.8 Å². The first-order valence-corrected chi connectivity index (χ1v) is 25.7. The number of unbranched alkanes of at least 4 members (excludes halogenated alkanes) is 12. The Balaban J connectivity index is 4.45. The smallest absolute Gasteiger partial charge is 0.306 e. The lowest BCUT2D eigenvalue weighted by molar-refractivity contribution is -0.163. The third-order valence-corrected chi connectivity index (χ3v) is 10.2. The minimum absolute atomic E-state index is 0.0342. The number of hydrogen-bond acceptors (Lipinski definition) is 5. The molecule has 0 saturated heterocycles. The summed E-state index contributed by atoms with van der Waals surface area (Å²) in [6, 6.07) is 0. The zero-order valence-corrected chi connectivity index (χ0v) is 41.2. The van der Waals surface area contributed by atoms with Crippen molar-refractivity contribution in [2.24, 2.45) is 0 Å². The summed E-state index contributed by atoms with van der Waals surface area (Å²) in [5, 5.41) is 0. The fraction of sp³-hybridized carbons (Fsp3) is 0.593. The second-order valence-electron chi connectivity index (χ2n) is 16.3. The first-order chi connectivity index (χ1) is 31.6. The van der Waals surface area contributed by atoms with Gasteiger partial charge in [-0.25, -0.2) is 0 Å². The van der Waals surface area contributed by atoms with Gasteiger partial charge in [-0.05, 0) is 122 Å². The summed E-state index contributed by atoms with van der Waals surface area (Å²) in [6.45, 7) is 7.36. The lowest BCUT2D eigenvalue weighted by Gasteiger charge is -2.18. The van der Waals surface area contributed by atoms with Crippen molar-refractivity contribution in [1.29, 1.82) is 0 Å². The highest BCUT2D eigenvalue weighted by molar-refractivity contribution is 5.70. The third-order valence-electron chi connectivity index (χ3n) is 10.2. The Morgan fingerprint density at radius 2 is 0.672 bits per heavy atom. The molecule has 0 fully saturated rings. The summed E-state index contributed by atoms with van der Waals surface area (Å²) >= 11 is 0. The number of carbonyl (C=O) groups excluding carboxylic acids is 2. The van der Waals surface area contributed by atoms with E-state index in [0.717, 1.165) is 135 Å². The van der Waals surface area contributed by atoms with Gasteiger partial charge >= 0.3 is 11.9 Å². The van der Waals surface area contributed by atoms with E-state index < -0.39 is 6.10 Å². The van der Waals surface area contributed by atoms with Gasteiger partial charge in [0.1, 0.15) is 6.61 Å². The van der Waals surface area contributed by atoms with E-state index in [0.29, 0.717) is 19.4 Å². The number of esters is 2. The minimum atomic E-state index is -0.585. The van der Waals surface area contributed by atoms with E-state index >= 15 is 0 Å². The van der Waals surface area contributed by atoms with Crippen LogP contribution in [0.3, 0.4) is 0 Å². The summed E-state index contributed by atoms with van der Waals surface area (Å²) in [5.74, 6) is -0.502. The lowest BCUT2D eigenvalue weighted by atomic mass is 10.1. The van der Waals surface area contributed by atoms with E-state index in [2.05, 4.69) is 154 Å². The fourth-order valence-electron chi connectivity index (χ4n) is 6.46. The van der Waals surface area contributed by atoms with Gasteiger partial charge in [-0.3, -0.25) is 9.59 Å². The van der Waals surface area contributed by atoms with E-state index in [1.807, 2.05) is 0 Å². The Labute approximate surface area is 394 Å². The zero-order chi connectivity index (χ0) is 46.3. The number of rotatable bonds is 45. The molecular weight excluding hydrogens is 789 g/mol. The van der Waals surface area contributed by atoms with Gasteiger partial charge in [-0.15, -0.1) is 0 Å². The first kappa shape index (κ1) is 60.0. The molecule has 0 saturated carbocycles. The molecule has 0 aromatic heterocycles. The summed E-state index contributed by atoms with van der Waals surface area (Å²) in [5.41, 5.74) is 0. The predicted octanol–water partition coefficient (Wildman–Crippen LogP) is 17.6. The molecule has 0 aromatic rings. The standard InChI is InChI=1S/C59H94O5/c1-4-7-10-13-16-19-22-25-28-30-32-34-37-40-43-46-49-52-58(60)63-56-57(55-62-54-51-48-45-42-39-36-33-29-26-23-20-17-14-11-8-5-2)64-59(61)53-50-47-44-41-38-35-31-27-24-21-18-15-12-9-6-3/h7-12,16-21,25-29,31-32,34,40,43,57H,4-6,13-15,22-24,30,33,35-39,41-42,44-56H2,1-3H3/b10-7-,11-8-,12-9-,19-16-,20-17-,21-18-,28-25-,29-26-,31-27-,34-32-,43-40-. The van der Waals surface area contributed by atoms with E-state index in [4.69, 9.17) is 14.2 Å². The van der Waals surface area contributed by atoms with Gasteiger partial charge in [0, 0.05) is 19.4 Å². The maximum absolute atomic E-state index is 12.8. The maximum atomic E-state index is 12.8. The molecule has 0 amide bonds. The van der Waals surface area contributed by atoms with Gasteiger partial charge in [-0.1, -0.05) is 199 Å². The van der Waals surface area contributed by atoms with Crippen molar-refractivity contribution in [3.8, 4) is 0 Å². The molecule has 1 unspecified atom stereocenters. The third kappa shape index (κ3) is 50.7. The molecule has 0 radical (unpaired) electrons. The van der Waals surface area contributed by atoms with Crippen molar-refractivity contribution in [3.63, 3.8) is 0 Å². The van der Waals surface area contributed by atoms with Crippen molar-refractivity contribution in [1.82, 2.24) is 0 Å². The second kappa shape index (κ2) is 53.4. The summed E-state index contributed by atoms with van der Waals surface area (Å²) in [7, 11) is 0. The molecule has 0 rings (SSSR count). The molecule has 360 valence electrons. The molecule has 5 heteroatoms. The van der Waals surface area contributed by atoms with Crippen LogP contribution in [0, 0.1) is 0 Å². The quantitative estimate of drug-likeness (QED) is 0.0346. The highest BCUT2D eigenvalue weighted by Crippen LogP contribution is 2.12. The van der Waals surface area contributed by atoms with Crippen LogP contribution in [0.2, 0.25) is 0 Å². The Bertz CT molecular complexity index is 1370. The van der Waals surface area contributed by atoms with Crippen LogP contribution in [0.25, 0.3) is 0 Å². The van der Waals surface area contributed by atoms with Gasteiger partial charge in [-0.2, -0.15) is 0 Å². The minimum Gasteiger partial charge on any atom is -0.462 e. The van der Waals surface area contributed by atoms with Gasteiger partial charge in [0.2, 0.25) is 0 Å². The molecule has 1 atom stereocenters. The van der Waals surface area contributed by atoms with Gasteiger partial charge in [0.05, 0.1) is 6.61 Å². The number of ether oxygens (including phenoxy) is 3. The monoisotopic (exact) mass is 883 g/mol. The number of allylic oxidation sites excluding steroid dienone is 22. The molecule has 0 aliphatic rings. The van der Waals surface area contributed by atoms with Crippen LogP contribution in [-0.2, 0) is 23.8 Å². The van der Waals surface area contributed by atoms with Crippen molar-refractivity contribution in [2.75, 3.05) is 19.8 Å². The average Bonchev–Trinajstić information content (AvgIpc) is 3.30. The summed E-state index contributed by atoms with van der Waals surface area (Å²) in [4.78, 5) is 25.4. The van der Waals surface area contributed by atoms with Crippen LogP contribution in [0.15, 0.2) is 134 Å². The molecule has 0 aliphatic heterocycles. The largest absolute Gasteiger partial charge is 0.462 e. The predicted molar refractivity (Wildman–Crippen MR) is 278 cm³/mol. The fourth-order valence-corrected chi connectivity index (χ4v) is 6.46. The molecule has 0 heterocycles. The number of carbonyl (C=O) groups is 2. The van der Waals surface area contributed by atoms with Gasteiger partial charge in [0.15, 0.2) is 6.10 Å². The maximum Gasteiger partial charge on any atom is 0.306 e. The molecule has 0 N–H and O–H groups in total. The van der Waals surface area contributed by atoms with Crippen molar-refractivity contribution in [3.05, 3.63) is 134 Å². The first-order valence-electron chi connectivity index (χ1n) is 25.7. The number of hydrogen-bond donors (Lipinski definition) is 0. The molecule has 5 nitrogen and oxygen atoms in total. The molecule has 0 aromatic carbocycles. The van der Waals surface area contributed by atoms with Crippen LogP contribution in [0.4, 0.5) is 0 Å². The van der Waals surface area contributed by atoms with E-state index in [1.54, 1.807) is 0 Å². The second-order valence-corrected chi connectivity index (χ2v) is 16.3. The Hall–Kier alpha value is -3.96. The van der Waals surface area contributed by atoms with Crippen molar-refractivity contribution >= 4 is 11.9 Å². The van der Waals surface area contributed by atoms with Gasteiger partial charge < -0.3 is 14.2 Å². The van der Waals surface area contributed by atoms with Crippen molar-refractivity contribution in [2.45, 2.75) is 207 Å². The van der Waals surface area contributed by atoms with Crippen molar-refractivity contribution < 1.29 is 23.8 Å². The molecular formula is C59H94O5. The van der Waals surface area contributed by atoms with Crippen LogP contribution in [0.5, 0.6) is 0 Å². The van der Waals surface area contributed by atoms with Crippen LogP contribution in [-0.4, -0.2) is 37.9 Å². The highest BCUT2D eigenvalue weighted by atomic mass is 16.6. The highest BCUT2D eigenvalue weighted by Gasteiger charge is 2.17. The van der Waals surface area contributed by atoms with Gasteiger partial charge in [0.25, 0.3) is 0 Å². The summed E-state index contributed by atoms with van der Waals surface area (Å²) < 4.78 is 17.3. The SMILES string of the molecule is CC/C=C\C/C=C\C/C=C\C/C=C\C/C=C\CCCC(=O)OCC(COCCCCCCCC/C=C\C/C=C\C/C=C\CC)OC(=O)CCCCCCC/C=C\C/C=C\C/C=C\CC. The Morgan fingerprint density at radius 1 is 0.344 bits per heavy atom. The molecule has 0 spiro atoms. The van der Waals surface area contributed by atoms with Crippen LogP contribution >= 0.6 is 0 Å². The summed E-state index contributed by atoms with van der Waals surface area (Å²) in [6.07, 6.45) is 76.1. The molecule has 0 bridgehead atoms. The Morgan fingerprint density at radius 3 is 1.09 bits per heavy atom. The Kier molecular flexibility index (Phi) is 50.1. The van der Waals surface area contributed by atoms with Crippen LogP contribution in [0.1, 0.15) is 201 Å². The molecule has 0 aliphatic carbocycles.